The average molecular weight is 241 g/mol. The molecule has 1 aliphatic heterocycles. The van der Waals surface area contributed by atoms with Crippen molar-refractivity contribution in [2.24, 2.45) is 5.73 Å². The van der Waals surface area contributed by atoms with Gasteiger partial charge in [0.1, 0.15) is 0 Å². The van der Waals surface area contributed by atoms with Crippen molar-refractivity contribution in [3.63, 3.8) is 0 Å². The first kappa shape index (κ1) is 11.7. The molecular formula is C12H17ClN2O. The molecule has 1 unspecified atom stereocenters. The number of hydrogen-bond donors (Lipinski definition) is 1. The van der Waals surface area contributed by atoms with E-state index in [1.807, 2.05) is 18.2 Å². The molecule has 1 fully saturated rings. The van der Waals surface area contributed by atoms with Gasteiger partial charge in [-0.3, -0.25) is 0 Å². The van der Waals surface area contributed by atoms with Gasteiger partial charge >= 0.3 is 0 Å². The van der Waals surface area contributed by atoms with Crippen molar-refractivity contribution in [3.05, 3.63) is 28.8 Å². The zero-order valence-corrected chi connectivity index (χ0v) is 10.2. The van der Waals surface area contributed by atoms with E-state index in [1.54, 1.807) is 7.11 Å². The molecule has 1 aromatic rings. The van der Waals surface area contributed by atoms with E-state index in [9.17, 15) is 0 Å². The number of benzene rings is 1. The highest BCUT2D eigenvalue weighted by Gasteiger charge is 2.23. The molecular weight excluding hydrogens is 224 g/mol. The second-order valence-corrected chi connectivity index (χ2v) is 4.51. The molecule has 16 heavy (non-hydrogen) atoms. The van der Waals surface area contributed by atoms with E-state index < -0.39 is 0 Å². The van der Waals surface area contributed by atoms with Crippen molar-refractivity contribution in [2.75, 3.05) is 25.1 Å². The second kappa shape index (κ2) is 5.04. The lowest BCUT2D eigenvalue weighted by atomic mass is 10.1. The van der Waals surface area contributed by atoms with Crippen LogP contribution in [-0.4, -0.2) is 26.3 Å². The van der Waals surface area contributed by atoms with Crippen LogP contribution in [0.25, 0.3) is 0 Å². The van der Waals surface area contributed by atoms with Gasteiger partial charge in [-0.1, -0.05) is 17.7 Å². The van der Waals surface area contributed by atoms with Gasteiger partial charge < -0.3 is 15.4 Å². The van der Waals surface area contributed by atoms with Gasteiger partial charge in [0.15, 0.2) is 0 Å². The molecule has 0 radical (unpaired) electrons. The smallest absolute Gasteiger partial charge is 0.0762 e. The minimum Gasteiger partial charge on any atom is -0.380 e. The second-order valence-electron chi connectivity index (χ2n) is 4.07. The molecule has 3 nitrogen and oxygen atoms in total. The first-order valence-corrected chi connectivity index (χ1v) is 5.88. The summed E-state index contributed by atoms with van der Waals surface area (Å²) >= 11 is 6.02. The lowest BCUT2D eigenvalue weighted by Crippen LogP contribution is -2.23. The Labute approximate surface area is 101 Å². The Morgan fingerprint density at radius 1 is 1.56 bits per heavy atom. The van der Waals surface area contributed by atoms with Gasteiger partial charge in [0, 0.05) is 37.5 Å². The van der Waals surface area contributed by atoms with E-state index in [4.69, 9.17) is 22.1 Å². The third-order valence-electron chi connectivity index (χ3n) is 3.09. The highest BCUT2D eigenvalue weighted by Crippen LogP contribution is 2.28. The van der Waals surface area contributed by atoms with E-state index in [0.717, 1.165) is 35.8 Å². The number of ether oxygens (including phenoxy) is 1. The van der Waals surface area contributed by atoms with Gasteiger partial charge in [-0.2, -0.15) is 0 Å². The van der Waals surface area contributed by atoms with Crippen LogP contribution in [0.4, 0.5) is 5.69 Å². The largest absolute Gasteiger partial charge is 0.380 e. The summed E-state index contributed by atoms with van der Waals surface area (Å²) in [5, 5.41) is 0.757. The minimum atomic E-state index is 0.324. The van der Waals surface area contributed by atoms with Crippen molar-refractivity contribution in [2.45, 2.75) is 19.1 Å². The molecule has 4 heteroatoms. The summed E-state index contributed by atoms with van der Waals surface area (Å²) in [6.07, 6.45) is 1.39. The molecule has 2 N–H and O–H groups in total. The minimum absolute atomic E-state index is 0.324. The fraction of sp³-hybridized carbons (Fsp3) is 0.500. The molecule has 0 spiro atoms. The number of nitrogens with two attached hydrogens (primary N) is 1. The molecule has 0 aliphatic carbocycles. The SMILES string of the molecule is COC1CCN(c2cc(Cl)ccc2CN)C1. The Kier molecular flexibility index (Phi) is 3.69. The van der Waals surface area contributed by atoms with E-state index in [-0.39, 0.29) is 0 Å². The van der Waals surface area contributed by atoms with Crippen molar-refractivity contribution in [1.82, 2.24) is 0 Å². The number of methoxy groups -OCH3 is 1. The first-order valence-electron chi connectivity index (χ1n) is 5.51. The predicted octanol–water partition coefficient (Wildman–Crippen LogP) is 2.02. The van der Waals surface area contributed by atoms with Crippen LogP contribution in [0.15, 0.2) is 18.2 Å². The van der Waals surface area contributed by atoms with Crippen LogP contribution in [0.3, 0.4) is 0 Å². The van der Waals surface area contributed by atoms with Gasteiger partial charge in [0.05, 0.1) is 6.10 Å². The van der Waals surface area contributed by atoms with Gasteiger partial charge in [-0.15, -0.1) is 0 Å². The van der Waals surface area contributed by atoms with E-state index >= 15 is 0 Å². The Morgan fingerprint density at radius 3 is 3.00 bits per heavy atom. The van der Waals surface area contributed by atoms with Gasteiger partial charge in [0.25, 0.3) is 0 Å². The fourth-order valence-corrected chi connectivity index (χ4v) is 2.31. The molecule has 1 aromatic carbocycles. The highest BCUT2D eigenvalue weighted by atomic mass is 35.5. The third kappa shape index (κ3) is 2.32. The van der Waals surface area contributed by atoms with Gasteiger partial charge in [-0.25, -0.2) is 0 Å². The summed E-state index contributed by atoms with van der Waals surface area (Å²) in [5.74, 6) is 0. The van der Waals surface area contributed by atoms with Crippen LogP contribution in [0, 0.1) is 0 Å². The maximum atomic E-state index is 6.02. The van der Waals surface area contributed by atoms with Crippen molar-refractivity contribution >= 4 is 17.3 Å². The molecule has 1 saturated heterocycles. The monoisotopic (exact) mass is 240 g/mol. The zero-order valence-electron chi connectivity index (χ0n) is 9.45. The molecule has 2 rings (SSSR count). The van der Waals surface area contributed by atoms with Crippen molar-refractivity contribution < 1.29 is 4.74 Å². The Bertz CT molecular complexity index is 370. The lowest BCUT2D eigenvalue weighted by molar-refractivity contribution is 0.121. The molecule has 1 aliphatic rings. The van der Waals surface area contributed by atoms with E-state index in [0.29, 0.717) is 12.6 Å². The Hall–Kier alpha value is -0.770. The predicted molar refractivity (Wildman–Crippen MR) is 67.0 cm³/mol. The summed E-state index contributed by atoms with van der Waals surface area (Å²) in [6, 6.07) is 5.87. The molecule has 0 aromatic heterocycles. The topological polar surface area (TPSA) is 38.5 Å². The number of halogens is 1. The average Bonchev–Trinajstić information content (AvgIpc) is 2.77. The maximum Gasteiger partial charge on any atom is 0.0762 e. The molecule has 0 bridgehead atoms. The maximum absolute atomic E-state index is 6.02. The third-order valence-corrected chi connectivity index (χ3v) is 3.32. The zero-order chi connectivity index (χ0) is 11.5. The lowest BCUT2D eigenvalue weighted by Gasteiger charge is -2.21. The summed E-state index contributed by atoms with van der Waals surface area (Å²) in [5.41, 5.74) is 8.02. The molecule has 1 atom stereocenters. The van der Waals surface area contributed by atoms with Crippen LogP contribution >= 0.6 is 11.6 Å². The van der Waals surface area contributed by atoms with Crippen molar-refractivity contribution in [1.29, 1.82) is 0 Å². The Morgan fingerprint density at radius 2 is 2.38 bits per heavy atom. The number of rotatable bonds is 3. The summed E-state index contributed by atoms with van der Waals surface area (Å²) in [6.45, 7) is 2.47. The van der Waals surface area contributed by atoms with Crippen LogP contribution in [0.2, 0.25) is 5.02 Å². The first-order chi connectivity index (χ1) is 7.74. The van der Waals surface area contributed by atoms with Gasteiger partial charge in [0.2, 0.25) is 0 Å². The standard InChI is InChI=1S/C12H17ClN2O/c1-16-11-4-5-15(8-11)12-6-10(13)3-2-9(12)7-14/h2-3,6,11H,4-5,7-8,14H2,1H3. The number of nitrogens with zero attached hydrogens (tertiary/aromatic N) is 1. The quantitative estimate of drug-likeness (QED) is 0.879. The molecule has 1 heterocycles. The summed E-state index contributed by atoms with van der Waals surface area (Å²) in [7, 11) is 1.76. The number of hydrogen-bond acceptors (Lipinski definition) is 3. The molecule has 0 saturated carbocycles. The summed E-state index contributed by atoms with van der Waals surface area (Å²) < 4.78 is 5.36. The Balaban J connectivity index is 2.22. The van der Waals surface area contributed by atoms with E-state index in [1.165, 1.54) is 0 Å². The van der Waals surface area contributed by atoms with Crippen LogP contribution in [0.5, 0.6) is 0 Å². The van der Waals surface area contributed by atoms with Crippen LogP contribution < -0.4 is 10.6 Å². The summed E-state index contributed by atoms with van der Waals surface area (Å²) in [4.78, 5) is 2.29. The van der Waals surface area contributed by atoms with Gasteiger partial charge in [-0.05, 0) is 24.1 Å². The highest BCUT2D eigenvalue weighted by molar-refractivity contribution is 6.30. The number of anilines is 1. The van der Waals surface area contributed by atoms with E-state index in [2.05, 4.69) is 4.90 Å². The molecule has 0 amide bonds. The molecule has 88 valence electrons. The fourth-order valence-electron chi connectivity index (χ4n) is 2.14. The van der Waals surface area contributed by atoms with Crippen LogP contribution in [-0.2, 0) is 11.3 Å². The normalized spacial score (nSPS) is 20.4. The van der Waals surface area contributed by atoms with Crippen molar-refractivity contribution in [3.8, 4) is 0 Å². The van der Waals surface area contributed by atoms with Crippen LogP contribution in [0.1, 0.15) is 12.0 Å².